The highest BCUT2D eigenvalue weighted by molar-refractivity contribution is 7.79. The smallest absolute Gasteiger partial charge is 0.394 e. The normalized spacial score (nSPS) is 10.4. The van der Waals surface area contributed by atoms with E-state index in [2.05, 4.69) is 0 Å². The van der Waals surface area contributed by atoms with Gasteiger partial charge >= 0.3 is 10.4 Å². The maximum absolute atomic E-state index is 10.4. The molecule has 0 unspecified atom stereocenters. The van der Waals surface area contributed by atoms with Crippen molar-refractivity contribution in [1.82, 2.24) is 0 Å². The van der Waals surface area contributed by atoms with Gasteiger partial charge in [0, 0.05) is 17.8 Å². The van der Waals surface area contributed by atoms with Crippen molar-refractivity contribution < 1.29 is 22.4 Å². The lowest BCUT2D eigenvalue weighted by molar-refractivity contribution is -0.384. The third kappa shape index (κ3) is 6.45. The van der Waals surface area contributed by atoms with E-state index in [-0.39, 0.29) is 5.69 Å². The van der Waals surface area contributed by atoms with Crippen molar-refractivity contribution in [2.75, 3.05) is 5.73 Å². The summed E-state index contributed by atoms with van der Waals surface area (Å²) < 4.78 is 31.6. The molecule has 0 atom stereocenters. The summed E-state index contributed by atoms with van der Waals surface area (Å²) in [4.78, 5) is 9.93. The molecule has 8 nitrogen and oxygen atoms in total. The predicted molar refractivity (Wildman–Crippen MR) is 61.2 cm³/mol. The topological polar surface area (TPSA) is 144 Å². The van der Waals surface area contributed by atoms with Crippen molar-refractivity contribution in [2.45, 2.75) is 13.8 Å². The number of hydrogen-bond donors (Lipinski definition) is 3. The second-order valence-corrected chi connectivity index (χ2v) is 4.08. The fourth-order valence-corrected chi connectivity index (χ4v) is 0.972. The van der Waals surface area contributed by atoms with Crippen LogP contribution in [0.1, 0.15) is 11.1 Å². The van der Waals surface area contributed by atoms with E-state index in [1.54, 1.807) is 6.92 Å². The van der Waals surface area contributed by atoms with Crippen LogP contribution in [0, 0.1) is 24.0 Å². The van der Waals surface area contributed by atoms with Crippen LogP contribution in [-0.2, 0) is 10.4 Å². The minimum atomic E-state index is -4.67. The van der Waals surface area contributed by atoms with Gasteiger partial charge in [-0.3, -0.25) is 19.2 Å². The molecule has 0 aliphatic rings. The van der Waals surface area contributed by atoms with Gasteiger partial charge < -0.3 is 5.73 Å². The zero-order valence-corrected chi connectivity index (χ0v) is 9.93. The Hall–Kier alpha value is -1.71. The van der Waals surface area contributed by atoms with Crippen molar-refractivity contribution in [3.63, 3.8) is 0 Å². The Morgan fingerprint density at radius 1 is 1.29 bits per heavy atom. The first-order valence-corrected chi connectivity index (χ1v) is 5.63. The molecule has 0 fully saturated rings. The number of rotatable bonds is 1. The van der Waals surface area contributed by atoms with Crippen molar-refractivity contribution in [2.24, 2.45) is 0 Å². The molecule has 0 saturated carbocycles. The number of nitro groups is 1. The number of nitrogens with two attached hydrogens (primary N) is 1. The molecule has 17 heavy (non-hydrogen) atoms. The van der Waals surface area contributed by atoms with E-state index in [4.69, 9.17) is 23.3 Å². The van der Waals surface area contributed by atoms with Gasteiger partial charge in [0.1, 0.15) is 0 Å². The van der Waals surface area contributed by atoms with Crippen LogP contribution in [0.3, 0.4) is 0 Å². The van der Waals surface area contributed by atoms with Gasteiger partial charge in [0.05, 0.1) is 4.92 Å². The first kappa shape index (κ1) is 15.3. The molecule has 0 amide bonds. The van der Waals surface area contributed by atoms with Crippen LogP contribution < -0.4 is 5.73 Å². The number of benzene rings is 1. The Kier molecular flexibility index (Phi) is 5.01. The lowest BCUT2D eigenvalue weighted by atomic mass is 10.1. The molecular weight excluding hydrogens is 252 g/mol. The maximum atomic E-state index is 10.4. The predicted octanol–water partition coefficient (Wildman–Crippen LogP) is 1.14. The standard InChI is InChI=1S/C8H10N2O2.H2O4S/c1-5-3-7(10(11)12)4-8(9)6(5)2;1-5(2,3)4/h3-4H,9H2,1-2H3;(H2,1,2,3,4). The van der Waals surface area contributed by atoms with Crippen molar-refractivity contribution >= 4 is 21.8 Å². The first-order valence-electron chi connectivity index (χ1n) is 4.23. The lowest BCUT2D eigenvalue weighted by Crippen LogP contribution is -1.96. The SMILES string of the molecule is Cc1cc([N+](=O)[O-])cc(N)c1C.O=S(=O)(O)O. The van der Waals surface area contributed by atoms with E-state index in [0.717, 1.165) is 11.1 Å². The Morgan fingerprint density at radius 3 is 2.00 bits per heavy atom. The molecule has 0 bridgehead atoms. The number of aryl methyl sites for hydroxylation is 1. The van der Waals surface area contributed by atoms with Crippen LogP contribution in [0.15, 0.2) is 12.1 Å². The molecule has 0 radical (unpaired) electrons. The van der Waals surface area contributed by atoms with Crippen molar-refractivity contribution in [3.8, 4) is 0 Å². The quantitative estimate of drug-likeness (QED) is 0.298. The molecule has 1 rings (SSSR count). The van der Waals surface area contributed by atoms with E-state index in [9.17, 15) is 10.1 Å². The van der Waals surface area contributed by atoms with Crippen LogP contribution in [0.2, 0.25) is 0 Å². The summed E-state index contributed by atoms with van der Waals surface area (Å²) in [5.74, 6) is 0. The summed E-state index contributed by atoms with van der Waals surface area (Å²) in [7, 11) is -4.67. The lowest BCUT2D eigenvalue weighted by Gasteiger charge is -2.02. The van der Waals surface area contributed by atoms with Crippen LogP contribution in [-0.4, -0.2) is 22.4 Å². The number of nitrogen functional groups attached to an aromatic ring is 1. The van der Waals surface area contributed by atoms with E-state index in [1.807, 2.05) is 6.92 Å². The van der Waals surface area contributed by atoms with Crippen LogP contribution >= 0.6 is 0 Å². The van der Waals surface area contributed by atoms with E-state index in [0.29, 0.717) is 5.69 Å². The van der Waals surface area contributed by atoms with Crippen molar-refractivity contribution in [1.29, 1.82) is 0 Å². The largest absolute Gasteiger partial charge is 0.398 e. The third-order valence-electron chi connectivity index (χ3n) is 1.90. The summed E-state index contributed by atoms with van der Waals surface area (Å²) in [5.41, 5.74) is 7.83. The highest BCUT2D eigenvalue weighted by Gasteiger charge is 2.08. The van der Waals surface area contributed by atoms with E-state index >= 15 is 0 Å². The Balaban J connectivity index is 0.000000437. The molecular formula is C8H12N2O6S. The average molecular weight is 264 g/mol. The Labute approximate surface area is 97.8 Å². The molecule has 0 heterocycles. The van der Waals surface area contributed by atoms with Gasteiger partial charge in [-0.15, -0.1) is 0 Å². The second-order valence-electron chi connectivity index (χ2n) is 3.18. The maximum Gasteiger partial charge on any atom is 0.394 e. The number of hydrogen-bond acceptors (Lipinski definition) is 5. The number of non-ortho nitro benzene ring substituents is 1. The molecule has 0 aliphatic heterocycles. The molecule has 1 aromatic carbocycles. The third-order valence-corrected chi connectivity index (χ3v) is 1.90. The van der Waals surface area contributed by atoms with Gasteiger partial charge in [0.15, 0.2) is 0 Å². The Morgan fingerprint density at radius 2 is 1.71 bits per heavy atom. The second kappa shape index (κ2) is 5.57. The van der Waals surface area contributed by atoms with Gasteiger partial charge in [-0.1, -0.05) is 0 Å². The minimum absolute atomic E-state index is 0.0515. The number of nitro benzene ring substituents is 1. The molecule has 0 spiro atoms. The van der Waals surface area contributed by atoms with Gasteiger partial charge in [-0.25, -0.2) is 0 Å². The molecule has 1 aromatic rings. The Bertz CT molecular complexity index is 494. The molecule has 0 aromatic heterocycles. The van der Waals surface area contributed by atoms with Crippen LogP contribution in [0.25, 0.3) is 0 Å². The van der Waals surface area contributed by atoms with E-state index in [1.165, 1.54) is 12.1 Å². The first-order chi connectivity index (χ1) is 7.52. The van der Waals surface area contributed by atoms with Gasteiger partial charge in [-0.2, -0.15) is 8.42 Å². The average Bonchev–Trinajstić information content (AvgIpc) is 2.10. The number of anilines is 1. The highest BCUT2D eigenvalue weighted by Crippen LogP contribution is 2.22. The van der Waals surface area contributed by atoms with E-state index < -0.39 is 15.3 Å². The fraction of sp³-hybridized carbons (Fsp3) is 0.250. The monoisotopic (exact) mass is 264 g/mol. The van der Waals surface area contributed by atoms with Crippen LogP contribution in [0.4, 0.5) is 11.4 Å². The molecule has 4 N–H and O–H groups in total. The summed E-state index contributed by atoms with van der Waals surface area (Å²) in [5, 5.41) is 10.4. The zero-order valence-electron chi connectivity index (χ0n) is 9.11. The molecule has 0 saturated heterocycles. The minimum Gasteiger partial charge on any atom is -0.398 e. The summed E-state index contributed by atoms with van der Waals surface area (Å²) in [6.45, 7) is 3.65. The number of nitrogens with zero attached hydrogens (tertiary/aromatic N) is 1. The molecule has 9 heteroatoms. The summed E-state index contributed by atoms with van der Waals surface area (Å²) in [6.07, 6.45) is 0. The van der Waals surface area contributed by atoms with Crippen molar-refractivity contribution in [3.05, 3.63) is 33.4 Å². The highest BCUT2D eigenvalue weighted by atomic mass is 32.3. The summed E-state index contributed by atoms with van der Waals surface area (Å²) >= 11 is 0. The van der Waals surface area contributed by atoms with Gasteiger partial charge in [0.2, 0.25) is 0 Å². The zero-order chi connectivity index (χ0) is 13.8. The summed E-state index contributed by atoms with van der Waals surface area (Å²) in [6, 6.07) is 2.90. The van der Waals surface area contributed by atoms with Crippen LogP contribution in [0.5, 0.6) is 0 Å². The van der Waals surface area contributed by atoms with Gasteiger partial charge in [0.25, 0.3) is 5.69 Å². The van der Waals surface area contributed by atoms with Gasteiger partial charge in [-0.05, 0) is 25.0 Å². The molecule has 0 aliphatic carbocycles. The fourth-order valence-electron chi connectivity index (χ4n) is 0.972. The molecule has 96 valence electrons.